The molecule has 1 aliphatic carbocycles. The van der Waals surface area contributed by atoms with Crippen molar-refractivity contribution >= 4 is 5.69 Å². The van der Waals surface area contributed by atoms with Gasteiger partial charge in [0, 0.05) is 5.69 Å². The Balaban J connectivity index is 2.06. The van der Waals surface area contributed by atoms with E-state index in [2.05, 4.69) is 24.4 Å². The summed E-state index contributed by atoms with van der Waals surface area (Å²) < 4.78 is 0. The van der Waals surface area contributed by atoms with E-state index in [0.717, 1.165) is 31.1 Å². The molecule has 0 aliphatic heterocycles. The van der Waals surface area contributed by atoms with Crippen LogP contribution in [0, 0.1) is 5.92 Å². The van der Waals surface area contributed by atoms with E-state index in [4.69, 9.17) is 5.73 Å². The molecule has 1 unspecified atom stereocenters. The molecule has 2 heteroatoms. The molecule has 0 fully saturated rings. The van der Waals surface area contributed by atoms with Crippen LogP contribution in [0.4, 0.5) is 5.69 Å². The first-order valence-corrected chi connectivity index (χ1v) is 5.38. The van der Waals surface area contributed by atoms with Crippen molar-refractivity contribution in [3.8, 4) is 0 Å². The molecule has 2 nitrogen and oxygen atoms in total. The average molecular weight is 190 g/mol. The fourth-order valence-electron chi connectivity index (χ4n) is 2.26. The zero-order valence-electron chi connectivity index (χ0n) is 8.72. The fraction of sp³-hybridized carbons (Fsp3) is 0.500. The molecule has 0 saturated heterocycles. The molecule has 0 radical (unpaired) electrons. The molecular formula is C12H18N2. The highest BCUT2D eigenvalue weighted by atomic mass is 14.8. The number of nitrogens with two attached hydrogens (primary N) is 1. The Hall–Kier alpha value is -1.02. The second-order valence-electron chi connectivity index (χ2n) is 4.07. The molecule has 1 aromatic rings. The number of benzene rings is 1. The maximum Gasteiger partial charge on any atom is 0.0349 e. The van der Waals surface area contributed by atoms with Gasteiger partial charge in [-0.05, 0) is 49.0 Å². The molecule has 76 valence electrons. The highest BCUT2D eigenvalue weighted by molar-refractivity contribution is 5.53. The van der Waals surface area contributed by atoms with Crippen molar-refractivity contribution in [2.45, 2.75) is 19.8 Å². The topological polar surface area (TPSA) is 38.0 Å². The van der Waals surface area contributed by atoms with Crippen LogP contribution < -0.4 is 11.1 Å². The Morgan fingerprint density at radius 2 is 2.29 bits per heavy atom. The maximum atomic E-state index is 5.94. The van der Waals surface area contributed by atoms with Crippen molar-refractivity contribution in [3.05, 3.63) is 29.3 Å². The standard InChI is InChI=1S/C12H18N2/c1-2-14-8-9-6-10-4-3-5-12(13)11(10)7-9/h3-5,9,14H,2,6-8,13H2,1H3. The Morgan fingerprint density at radius 3 is 3.00 bits per heavy atom. The van der Waals surface area contributed by atoms with E-state index in [9.17, 15) is 0 Å². The molecule has 1 aliphatic rings. The van der Waals surface area contributed by atoms with Gasteiger partial charge in [0.15, 0.2) is 0 Å². The van der Waals surface area contributed by atoms with E-state index < -0.39 is 0 Å². The lowest BCUT2D eigenvalue weighted by Gasteiger charge is -2.08. The molecule has 0 aromatic heterocycles. The number of rotatable bonds is 3. The van der Waals surface area contributed by atoms with Crippen LogP contribution in [0.3, 0.4) is 0 Å². The molecule has 2 rings (SSSR count). The normalized spacial score (nSPS) is 19.6. The molecular weight excluding hydrogens is 172 g/mol. The first kappa shape index (κ1) is 9.53. The largest absolute Gasteiger partial charge is 0.398 e. The van der Waals surface area contributed by atoms with Gasteiger partial charge in [-0.1, -0.05) is 19.1 Å². The molecule has 3 N–H and O–H groups in total. The van der Waals surface area contributed by atoms with Gasteiger partial charge >= 0.3 is 0 Å². The van der Waals surface area contributed by atoms with Gasteiger partial charge in [-0.2, -0.15) is 0 Å². The second-order valence-corrected chi connectivity index (χ2v) is 4.07. The van der Waals surface area contributed by atoms with Crippen LogP contribution in [0.1, 0.15) is 18.1 Å². The zero-order valence-corrected chi connectivity index (χ0v) is 8.72. The minimum atomic E-state index is 0.745. The smallest absolute Gasteiger partial charge is 0.0349 e. The van der Waals surface area contributed by atoms with Gasteiger partial charge in [-0.15, -0.1) is 0 Å². The Kier molecular flexibility index (Phi) is 2.73. The minimum absolute atomic E-state index is 0.745. The summed E-state index contributed by atoms with van der Waals surface area (Å²) in [6.45, 7) is 4.32. The van der Waals surface area contributed by atoms with Gasteiger partial charge in [-0.25, -0.2) is 0 Å². The molecule has 0 heterocycles. The second kappa shape index (κ2) is 4.01. The molecule has 0 saturated carbocycles. The third kappa shape index (κ3) is 1.75. The van der Waals surface area contributed by atoms with Crippen LogP contribution in [0.5, 0.6) is 0 Å². The van der Waals surface area contributed by atoms with Crippen LogP contribution in [0.2, 0.25) is 0 Å². The van der Waals surface area contributed by atoms with Crippen LogP contribution in [0.15, 0.2) is 18.2 Å². The first-order valence-electron chi connectivity index (χ1n) is 5.38. The summed E-state index contributed by atoms with van der Waals surface area (Å²) in [6.07, 6.45) is 2.34. The molecule has 0 spiro atoms. The highest BCUT2D eigenvalue weighted by Gasteiger charge is 2.22. The predicted octanol–water partition coefficient (Wildman–Crippen LogP) is 1.59. The van der Waals surface area contributed by atoms with Gasteiger partial charge in [0.25, 0.3) is 0 Å². The summed E-state index contributed by atoms with van der Waals surface area (Å²) >= 11 is 0. The van der Waals surface area contributed by atoms with E-state index in [-0.39, 0.29) is 0 Å². The third-order valence-corrected chi connectivity index (χ3v) is 2.99. The highest BCUT2D eigenvalue weighted by Crippen LogP contribution is 2.30. The van der Waals surface area contributed by atoms with Crippen molar-refractivity contribution < 1.29 is 0 Å². The summed E-state index contributed by atoms with van der Waals surface area (Å²) in [4.78, 5) is 0. The van der Waals surface area contributed by atoms with Crippen molar-refractivity contribution in [2.24, 2.45) is 5.92 Å². The van der Waals surface area contributed by atoms with Gasteiger partial charge < -0.3 is 11.1 Å². The lowest BCUT2D eigenvalue weighted by Crippen LogP contribution is -2.22. The first-order chi connectivity index (χ1) is 6.81. The summed E-state index contributed by atoms with van der Waals surface area (Å²) in [7, 11) is 0. The van der Waals surface area contributed by atoms with Crippen LogP contribution in [0.25, 0.3) is 0 Å². The van der Waals surface area contributed by atoms with Crippen molar-refractivity contribution in [1.29, 1.82) is 0 Å². The Morgan fingerprint density at radius 1 is 1.43 bits per heavy atom. The molecule has 1 aromatic carbocycles. The Labute approximate surface area is 85.5 Å². The van der Waals surface area contributed by atoms with E-state index in [1.165, 1.54) is 17.5 Å². The zero-order chi connectivity index (χ0) is 9.97. The molecule has 14 heavy (non-hydrogen) atoms. The van der Waals surface area contributed by atoms with E-state index in [1.807, 2.05) is 6.07 Å². The van der Waals surface area contributed by atoms with Crippen LogP contribution in [-0.2, 0) is 12.8 Å². The van der Waals surface area contributed by atoms with Gasteiger partial charge in [0.05, 0.1) is 0 Å². The summed E-state index contributed by atoms with van der Waals surface area (Å²) in [5, 5.41) is 3.40. The summed E-state index contributed by atoms with van der Waals surface area (Å²) in [5.74, 6) is 0.745. The van der Waals surface area contributed by atoms with Gasteiger partial charge in [0.1, 0.15) is 0 Å². The number of hydrogen-bond donors (Lipinski definition) is 2. The van der Waals surface area contributed by atoms with Crippen molar-refractivity contribution in [3.63, 3.8) is 0 Å². The summed E-state index contributed by atoms with van der Waals surface area (Å²) in [6, 6.07) is 6.27. The summed E-state index contributed by atoms with van der Waals surface area (Å²) in [5.41, 5.74) is 9.75. The lowest BCUT2D eigenvalue weighted by atomic mass is 10.1. The van der Waals surface area contributed by atoms with Gasteiger partial charge in [-0.3, -0.25) is 0 Å². The monoisotopic (exact) mass is 190 g/mol. The van der Waals surface area contributed by atoms with E-state index >= 15 is 0 Å². The lowest BCUT2D eigenvalue weighted by molar-refractivity contribution is 0.508. The van der Waals surface area contributed by atoms with Crippen LogP contribution >= 0.6 is 0 Å². The van der Waals surface area contributed by atoms with E-state index in [1.54, 1.807) is 0 Å². The minimum Gasteiger partial charge on any atom is -0.398 e. The predicted molar refractivity (Wildman–Crippen MR) is 60.3 cm³/mol. The maximum absolute atomic E-state index is 5.94. The molecule has 1 atom stereocenters. The number of fused-ring (bicyclic) bond motifs is 1. The average Bonchev–Trinajstić information content (AvgIpc) is 2.59. The number of hydrogen-bond acceptors (Lipinski definition) is 2. The van der Waals surface area contributed by atoms with Crippen molar-refractivity contribution in [1.82, 2.24) is 5.32 Å². The Bertz CT molecular complexity index is 320. The SMILES string of the molecule is CCNCC1Cc2cccc(N)c2C1. The molecule has 0 bridgehead atoms. The quantitative estimate of drug-likeness (QED) is 0.710. The number of nitrogens with one attached hydrogen (secondary N) is 1. The van der Waals surface area contributed by atoms with Crippen molar-refractivity contribution in [2.75, 3.05) is 18.8 Å². The fourth-order valence-corrected chi connectivity index (χ4v) is 2.26. The number of nitrogen functional groups attached to an aromatic ring is 1. The molecule has 0 amide bonds. The third-order valence-electron chi connectivity index (χ3n) is 2.99. The number of anilines is 1. The van der Waals surface area contributed by atoms with Gasteiger partial charge in [0.2, 0.25) is 0 Å². The van der Waals surface area contributed by atoms with Crippen LogP contribution in [-0.4, -0.2) is 13.1 Å². The van der Waals surface area contributed by atoms with E-state index in [0.29, 0.717) is 0 Å².